The predicted molar refractivity (Wildman–Crippen MR) is 122 cm³/mol. The molecule has 0 bridgehead atoms. The number of carbonyl (C=O) groups excluding carboxylic acids is 1. The second-order valence-electron chi connectivity index (χ2n) is 7.80. The Labute approximate surface area is 179 Å². The molecule has 0 saturated carbocycles. The van der Waals surface area contributed by atoms with Gasteiger partial charge in [-0.25, -0.2) is 9.98 Å². The van der Waals surface area contributed by atoms with Crippen LogP contribution in [0.4, 0.5) is 0 Å². The summed E-state index contributed by atoms with van der Waals surface area (Å²) in [4.78, 5) is 22.4. The fourth-order valence-corrected chi connectivity index (χ4v) is 2.78. The molecule has 26 heavy (non-hydrogen) atoms. The number of hydrogen-bond acceptors (Lipinski definition) is 4. The molecule has 1 heterocycles. The summed E-state index contributed by atoms with van der Waals surface area (Å²) in [5, 5.41) is 9.86. The highest BCUT2D eigenvalue weighted by Crippen LogP contribution is 2.25. The molecule has 0 aromatic carbocycles. The van der Waals surface area contributed by atoms with Gasteiger partial charge in [-0.2, -0.15) is 0 Å². The number of nitrogens with zero attached hydrogens (tertiary/aromatic N) is 3. The van der Waals surface area contributed by atoms with Crippen LogP contribution in [0.15, 0.2) is 10.4 Å². The molecule has 1 aromatic heterocycles. The summed E-state index contributed by atoms with van der Waals surface area (Å²) in [6, 6.07) is 0. The van der Waals surface area contributed by atoms with Crippen molar-refractivity contribution in [3.8, 4) is 0 Å². The van der Waals surface area contributed by atoms with Crippen molar-refractivity contribution in [1.29, 1.82) is 0 Å². The molecule has 0 unspecified atom stereocenters. The van der Waals surface area contributed by atoms with Crippen LogP contribution >= 0.6 is 35.3 Å². The first-order valence-corrected chi connectivity index (χ1v) is 9.64. The number of hydrogen-bond donors (Lipinski definition) is 2. The van der Waals surface area contributed by atoms with Gasteiger partial charge in [-0.3, -0.25) is 4.79 Å². The standard InChI is InChI=1S/C18H33N5OS.HI/c1-13(2)10-20-17(21-11-15(24)23(6)7)19-9-8-14-12-25-16(22-14)18(3,4)5;/h12-13H,8-11H2,1-7H3,(H2,19,20,21);1H. The fourth-order valence-electron chi connectivity index (χ4n) is 1.84. The van der Waals surface area contributed by atoms with Crippen molar-refractivity contribution in [3.63, 3.8) is 0 Å². The van der Waals surface area contributed by atoms with Crippen LogP contribution in [0.2, 0.25) is 0 Å². The molecule has 0 radical (unpaired) electrons. The highest BCUT2D eigenvalue weighted by Gasteiger charge is 2.17. The Morgan fingerprint density at radius 3 is 2.46 bits per heavy atom. The second kappa shape index (κ2) is 11.7. The summed E-state index contributed by atoms with van der Waals surface area (Å²) < 4.78 is 0. The lowest BCUT2D eigenvalue weighted by molar-refractivity contribution is -0.127. The first kappa shape index (κ1) is 25.1. The van der Waals surface area contributed by atoms with Gasteiger partial charge in [-0.15, -0.1) is 35.3 Å². The van der Waals surface area contributed by atoms with Crippen molar-refractivity contribution in [2.24, 2.45) is 10.9 Å². The van der Waals surface area contributed by atoms with Crippen molar-refractivity contribution in [2.45, 2.75) is 46.5 Å². The highest BCUT2D eigenvalue weighted by molar-refractivity contribution is 14.0. The summed E-state index contributed by atoms with van der Waals surface area (Å²) in [5.41, 5.74) is 1.18. The quantitative estimate of drug-likeness (QED) is 0.347. The number of halogens is 1. The number of rotatable bonds is 7. The second-order valence-corrected chi connectivity index (χ2v) is 8.66. The summed E-state index contributed by atoms with van der Waals surface area (Å²) in [6.45, 7) is 12.5. The Balaban J connectivity index is 0.00000625. The third-order valence-electron chi connectivity index (χ3n) is 3.42. The molecule has 0 aliphatic rings. The number of thiazole rings is 1. The number of amides is 1. The molecule has 0 atom stereocenters. The molecule has 0 aliphatic heterocycles. The van der Waals surface area contributed by atoms with Gasteiger partial charge in [0.15, 0.2) is 5.96 Å². The van der Waals surface area contributed by atoms with E-state index in [1.165, 1.54) is 0 Å². The van der Waals surface area contributed by atoms with Crippen molar-refractivity contribution in [2.75, 3.05) is 33.7 Å². The van der Waals surface area contributed by atoms with Gasteiger partial charge in [0.2, 0.25) is 5.91 Å². The van der Waals surface area contributed by atoms with Crippen LogP contribution in [-0.4, -0.2) is 55.5 Å². The van der Waals surface area contributed by atoms with Gasteiger partial charge >= 0.3 is 0 Å². The minimum absolute atomic E-state index is 0. The zero-order valence-electron chi connectivity index (χ0n) is 17.0. The van der Waals surface area contributed by atoms with Crippen LogP contribution in [0.1, 0.15) is 45.3 Å². The predicted octanol–water partition coefficient (Wildman–Crippen LogP) is 2.88. The molecule has 0 saturated heterocycles. The van der Waals surface area contributed by atoms with E-state index >= 15 is 0 Å². The van der Waals surface area contributed by atoms with Crippen LogP contribution < -0.4 is 10.6 Å². The zero-order valence-corrected chi connectivity index (χ0v) is 20.2. The number of aliphatic imine (C=N–C) groups is 1. The molecule has 0 aliphatic carbocycles. The lowest BCUT2D eigenvalue weighted by Crippen LogP contribution is -2.41. The number of nitrogens with one attached hydrogen (secondary N) is 2. The van der Waals surface area contributed by atoms with E-state index in [0.717, 1.165) is 30.2 Å². The third-order valence-corrected chi connectivity index (χ3v) is 4.73. The monoisotopic (exact) mass is 495 g/mol. The van der Waals surface area contributed by atoms with Crippen molar-refractivity contribution >= 4 is 47.2 Å². The van der Waals surface area contributed by atoms with Gasteiger partial charge in [0.05, 0.1) is 10.7 Å². The first-order valence-electron chi connectivity index (χ1n) is 8.76. The van der Waals surface area contributed by atoms with E-state index in [0.29, 0.717) is 11.9 Å². The van der Waals surface area contributed by atoms with E-state index in [-0.39, 0.29) is 41.8 Å². The van der Waals surface area contributed by atoms with Gasteiger partial charge in [0.1, 0.15) is 6.54 Å². The molecular weight excluding hydrogens is 461 g/mol. The Morgan fingerprint density at radius 1 is 1.31 bits per heavy atom. The van der Waals surface area contributed by atoms with Crippen LogP contribution in [0, 0.1) is 5.92 Å². The summed E-state index contributed by atoms with van der Waals surface area (Å²) in [6.07, 6.45) is 0.830. The lowest BCUT2D eigenvalue weighted by Gasteiger charge is -2.15. The molecule has 1 rings (SSSR count). The highest BCUT2D eigenvalue weighted by atomic mass is 127. The van der Waals surface area contributed by atoms with Crippen LogP contribution in [0.25, 0.3) is 0 Å². The van der Waals surface area contributed by atoms with E-state index in [1.807, 2.05) is 0 Å². The molecule has 0 spiro atoms. The molecule has 0 fully saturated rings. The van der Waals surface area contributed by atoms with Crippen molar-refractivity contribution in [3.05, 3.63) is 16.1 Å². The lowest BCUT2D eigenvalue weighted by atomic mass is 9.98. The molecule has 1 aromatic rings. The van der Waals surface area contributed by atoms with Crippen LogP contribution in [0.5, 0.6) is 0 Å². The SMILES string of the molecule is CC(C)CNC(=NCC(=O)N(C)C)NCCc1csc(C(C)(C)C)n1.I. The third kappa shape index (κ3) is 9.70. The summed E-state index contributed by atoms with van der Waals surface area (Å²) >= 11 is 1.71. The van der Waals surface area contributed by atoms with E-state index in [2.05, 4.69) is 55.6 Å². The maximum Gasteiger partial charge on any atom is 0.243 e. The van der Waals surface area contributed by atoms with E-state index in [9.17, 15) is 4.79 Å². The van der Waals surface area contributed by atoms with Gasteiger partial charge in [0.25, 0.3) is 0 Å². The largest absolute Gasteiger partial charge is 0.356 e. The Hall–Kier alpha value is -0.900. The number of aromatic nitrogens is 1. The maximum atomic E-state index is 11.7. The normalized spacial score (nSPS) is 11.9. The average molecular weight is 495 g/mol. The summed E-state index contributed by atoms with van der Waals surface area (Å²) in [5.74, 6) is 1.17. The van der Waals surface area contributed by atoms with Gasteiger partial charge in [-0.05, 0) is 5.92 Å². The maximum absolute atomic E-state index is 11.7. The zero-order chi connectivity index (χ0) is 19.0. The number of likely N-dealkylation sites (N-methyl/N-ethyl adjacent to an activating group) is 1. The molecule has 150 valence electrons. The fraction of sp³-hybridized carbons (Fsp3) is 0.722. The minimum atomic E-state index is -0.0139. The Bertz CT molecular complexity index is 578. The van der Waals surface area contributed by atoms with Crippen molar-refractivity contribution in [1.82, 2.24) is 20.5 Å². The number of carbonyl (C=O) groups is 1. The van der Waals surface area contributed by atoms with E-state index in [4.69, 9.17) is 4.98 Å². The smallest absolute Gasteiger partial charge is 0.243 e. The molecule has 2 N–H and O–H groups in total. The van der Waals surface area contributed by atoms with Crippen LogP contribution in [-0.2, 0) is 16.6 Å². The van der Waals surface area contributed by atoms with Crippen LogP contribution in [0.3, 0.4) is 0 Å². The average Bonchev–Trinajstić information content (AvgIpc) is 2.97. The van der Waals surface area contributed by atoms with E-state index in [1.54, 1.807) is 30.3 Å². The first-order chi connectivity index (χ1) is 11.6. The Morgan fingerprint density at radius 2 is 1.96 bits per heavy atom. The molecule has 1 amide bonds. The Kier molecular flexibility index (Phi) is 11.3. The number of guanidine groups is 1. The van der Waals surface area contributed by atoms with Crippen molar-refractivity contribution < 1.29 is 4.79 Å². The molecule has 8 heteroatoms. The van der Waals surface area contributed by atoms with E-state index < -0.39 is 0 Å². The van der Waals surface area contributed by atoms with Gasteiger partial charge in [-0.1, -0.05) is 34.6 Å². The topological polar surface area (TPSA) is 69.6 Å². The molecular formula is C18H34IN5OS. The molecule has 6 nitrogen and oxygen atoms in total. The summed E-state index contributed by atoms with van der Waals surface area (Å²) in [7, 11) is 3.48. The van der Waals surface area contributed by atoms with Gasteiger partial charge in [0, 0.05) is 44.4 Å². The minimum Gasteiger partial charge on any atom is -0.356 e. The van der Waals surface area contributed by atoms with Gasteiger partial charge < -0.3 is 15.5 Å².